The molecule has 0 N–H and O–H groups in total. The molecular weight excluding hydrogens is 210 g/mol. The van der Waals surface area contributed by atoms with Gasteiger partial charge in [-0.05, 0) is 56.3 Å². The van der Waals surface area contributed by atoms with Crippen molar-refractivity contribution in [2.24, 2.45) is 11.3 Å². The second kappa shape index (κ2) is 3.46. The summed E-state index contributed by atoms with van der Waals surface area (Å²) in [6, 6.07) is 2.50. The Morgan fingerprint density at radius 2 is 2.29 bits per heavy atom. The highest BCUT2D eigenvalue weighted by atomic mass is 16.5. The van der Waals surface area contributed by atoms with Gasteiger partial charge in [0.15, 0.2) is 0 Å². The molecule has 3 aliphatic rings. The summed E-state index contributed by atoms with van der Waals surface area (Å²) in [7, 11) is 1.78. The minimum Gasteiger partial charge on any atom is -0.374 e. The van der Waals surface area contributed by atoms with E-state index in [0.29, 0.717) is 0 Å². The fraction of sp³-hybridized carbons (Fsp3) is 0.667. The lowest BCUT2D eigenvalue weighted by Crippen LogP contribution is -2.40. The Balaban J connectivity index is 2.01. The smallest absolute Gasteiger partial charge is 0.0871 e. The number of allylic oxidation sites excluding steroid dienone is 2. The summed E-state index contributed by atoms with van der Waals surface area (Å²) < 4.78 is 5.61. The number of nitrogens with zero attached hydrogens (tertiary/aromatic N) is 1. The predicted octanol–water partition coefficient (Wildman–Crippen LogP) is 3.36. The van der Waals surface area contributed by atoms with Gasteiger partial charge in [0.05, 0.1) is 17.6 Å². The van der Waals surface area contributed by atoms with Gasteiger partial charge in [-0.15, -0.1) is 0 Å². The molecule has 17 heavy (non-hydrogen) atoms. The van der Waals surface area contributed by atoms with Crippen molar-refractivity contribution in [3.63, 3.8) is 0 Å². The van der Waals surface area contributed by atoms with Crippen LogP contribution in [0.1, 0.15) is 39.0 Å². The summed E-state index contributed by atoms with van der Waals surface area (Å²) in [5.41, 5.74) is 2.94. The van der Waals surface area contributed by atoms with Crippen LogP contribution in [0.25, 0.3) is 0 Å². The van der Waals surface area contributed by atoms with E-state index in [1.165, 1.54) is 24.0 Å². The standard InChI is InChI=1S/C15H19NO/c1-14(17-2)6-3-11-4-7-15(13(11)9-14)8-5-12(15)10-16/h3,9,12H,4-8H2,1-2H3/t12-,14?,15-/m1/s1. The van der Waals surface area contributed by atoms with Crippen molar-refractivity contribution in [3.05, 3.63) is 23.3 Å². The van der Waals surface area contributed by atoms with Crippen LogP contribution in [-0.4, -0.2) is 12.7 Å². The van der Waals surface area contributed by atoms with Gasteiger partial charge in [0.1, 0.15) is 0 Å². The first-order valence-corrected chi connectivity index (χ1v) is 6.51. The molecular formula is C15H19NO. The summed E-state index contributed by atoms with van der Waals surface area (Å²) in [5, 5.41) is 9.26. The van der Waals surface area contributed by atoms with Crippen LogP contribution in [0, 0.1) is 22.7 Å². The Labute approximate surface area is 103 Å². The molecule has 0 saturated heterocycles. The zero-order valence-corrected chi connectivity index (χ0v) is 10.6. The Morgan fingerprint density at radius 1 is 1.47 bits per heavy atom. The highest BCUT2D eigenvalue weighted by molar-refractivity contribution is 5.49. The second-order valence-electron chi connectivity index (χ2n) is 5.88. The molecule has 0 aromatic rings. The van der Waals surface area contributed by atoms with E-state index < -0.39 is 0 Å². The van der Waals surface area contributed by atoms with Crippen molar-refractivity contribution in [2.75, 3.05) is 7.11 Å². The minimum atomic E-state index is -0.161. The van der Waals surface area contributed by atoms with Crippen molar-refractivity contribution in [1.82, 2.24) is 0 Å². The monoisotopic (exact) mass is 229 g/mol. The molecule has 3 atom stereocenters. The molecule has 2 saturated carbocycles. The number of fused-ring (bicyclic) bond motifs is 2. The predicted molar refractivity (Wildman–Crippen MR) is 66.2 cm³/mol. The first-order valence-electron chi connectivity index (χ1n) is 6.51. The molecule has 0 radical (unpaired) electrons. The van der Waals surface area contributed by atoms with Crippen LogP contribution in [0.15, 0.2) is 23.3 Å². The third kappa shape index (κ3) is 1.35. The van der Waals surface area contributed by atoms with Gasteiger partial charge < -0.3 is 4.74 Å². The average molecular weight is 229 g/mol. The van der Waals surface area contributed by atoms with Crippen LogP contribution in [0.2, 0.25) is 0 Å². The van der Waals surface area contributed by atoms with E-state index in [-0.39, 0.29) is 16.9 Å². The van der Waals surface area contributed by atoms with Crippen molar-refractivity contribution in [2.45, 2.75) is 44.6 Å². The third-order valence-electron chi connectivity index (χ3n) is 5.09. The molecule has 2 nitrogen and oxygen atoms in total. The van der Waals surface area contributed by atoms with Gasteiger partial charge in [-0.3, -0.25) is 0 Å². The van der Waals surface area contributed by atoms with E-state index in [4.69, 9.17) is 4.74 Å². The second-order valence-corrected chi connectivity index (χ2v) is 5.88. The zero-order valence-electron chi connectivity index (χ0n) is 10.6. The molecule has 0 amide bonds. The lowest BCUT2D eigenvalue weighted by atomic mass is 9.56. The lowest BCUT2D eigenvalue weighted by Gasteiger charge is -2.46. The average Bonchev–Trinajstić information content (AvgIpc) is 2.69. The van der Waals surface area contributed by atoms with Gasteiger partial charge in [-0.1, -0.05) is 6.08 Å². The Bertz CT molecular complexity index is 456. The number of methoxy groups -OCH3 is 1. The maximum absolute atomic E-state index is 9.26. The number of ether oxygens (including phenoxy) is 1. The molecule has 3 aliphatic carbocycles. The third-order valence-corrected chi connectivity index (χ3v) is 5.09. The Hall–Kier alpha value is -1.07. The molecule has 3 rings (SSSR count). The Morgan fingerprint density at radius 3 is 2.88 bits per heavy atom. The fourth-order valence-corrected chi connectivity index (χ4v) is 3.67. The van der Waals surface area contributed by atoms with Gasteiger partial charge in [0.2, 0.25) is 0 Å². The van der Waals surface area contributed by atoms with Gasteiger partial charge in [0.25, 0.3) is 0 Å². The molecule has 1 spiro atoms. The summed E-state index contributed by atoms with van der Waals surface area (Å²) in [6.45, 7) is 2.14. The first-order chi connectivity index (χ1) is 8.13. The maximum atomic E-state index is 9.26. The summed E-state index contributed by atoms with van der Waals surface area (Å²) in [4.78, 5) is 0. The first kappa shape index (κ1) is 11.0. The molecule has 1 unspecified atom stereocenters. The molecule has 0 aromatic heterocycles. The number of nitriles is 1. The van der Waals surface area contributed by atoms with Crippen LogP contribution in [0.5, 0.6) is 0 Å². The number of rotatable bonds is 1. The highest BCUT2D eigenvalue weighted by Crippen LogP contribution is 2.63. The normalized spacial score (nSPS) is 43.5. The quantitative estimate of drug-likeness (QED) is 0.690. The highest BCUT2D eigenvalue weighted by Gasteiger charge is 2.54. The van der Waals surface area contributed by atoms with Crippen LogP contribution in [0.3, 0.4) is 0 Å². The summed E-state index contributed by atoms with van der Waals surface area (Å²) in [6.07, 6.45) is 10.2. The van der Waals surface area contributed by atoms with E-state index >= 15 is 0 Å². The van der Waals surface area contributed by atoms with E-state index in [2.05, 4.69) is 25.1 Å². The van der Waals surface area contributed by atoms with Crippen LogP contribution in [0.4, 0.5) is 0 Å². The van der Waals surface area contributed by atoms with Crippen molar-refractivity contribution < 1.29 is 4.74 Å². The van der Waals surface area contributed by atoms with Crippen molar-refractivity contribution in [3.8, 4) is 6.07 Å². The number of hydrogen-bond acceptors (Lipinski definition) is 2. The lowest BCUT2D eigenvalue weighted by molar-refractivity contribution is 0.0452. The van der Waals surface area contributed by atoms with Gasteiger partial charge in [-0.2, -0.15) is 5.26 Å². The molecule has 0 aliphatic heterocycles. The number of hydrogen-bond donors (Lipinski definition) is 0. The molecule has 90 valence electrons. The largest absolute Gasteiger partial charge is 0.374 e. The van der Waals surface area contributed by atoms with Crippen LogP contribution < -0.4 is 0 Å². The Kier molecular flexibility index (Phi) is 2.25. The molecule has 2 heteroatoms. The van der Waals surface area contributed by atoms with Gasteiger partial charge in [0, 0.05) is 12.5 Å². The van der Waals surface area contributed by atoms with E-state index in [9.17, 15) is 5.26 Å². The van der Waals surface area contributed by atoms with E-state index in [1.54, 1.807) is 7.11 Å². The minimum absolute atomic E-state index is 0.161. The van der Waals surface area contributed by atoms with Crippen molar-refractivity contribution in [1.29, 1.82) is 5.26 Å². The topological polar surface area (TPSA) is 33.0 Å². The summed E-state index contributed by atoms with van der Waals surface area (Å²) in [5.74, 6) is 0.235. The van der Waals surface area contributed by atoms with Crippen molar-refractivity contribution >= 4 is 0 Å². The molecule has 0 heterocycles. The zero-order chi connectivity index (χ0) is 12.1. The molecule has 0 bridgehead atoms. The maximum Gasteiger partial charge on any atom is 0.0871 e. The van der Waals surface area contributed by atoms with Gasteiger partial charge in [-0.25, -0.2) is 0 Å². The van der Waals surface area contributed by atoms with Crippen LogP contribution in [-0.2, 0) is 4.74 Å². The summed E-state index contributed by atoms with van der Waals surface area (Å²) >= 11 is 0. The molecule has 0 aromatic carbocycles. The van der Waals surface area contributed by atoms with E-state index in [1.807, 2.05) is 0 Å². The fourth-order valence-electron chi connectivity index (χ4n) is 3.67. The van der Waals surface area contributed by atoms with Crippen LogP contribution >= 0.6 is 0 Å². The van der Waals surface area contributed by atoms with Gasteiger partial charge >= 0.3 is 0 Å². The molecule has 2 fully saturated rings. The SMILES string of the molecule is COC1(C)C=C2C(=CC1)CC[C@]21CC[C@@H]1C#N. The van der Waals surface area contributed by atoms with E-state index in [0.717, 1.165) is 19.3 Å².